The van der Waals surface area contributed by atoms with E-state index in [-0.39, 0.29) is 11.7 Å². The lowest BCUT2D eigenvalue weighted by Gasteiger charge is -2.30. The van der Waals surface area contributed by atoms with Crippen LogP contribution in [0.25, 0.3) is 0 Å². The third kappa shape index (κ3) is 3.80. The number of carboxylic acid groups (broad SMARTS) is 1. The predicted molar refractivity (Wildman–Crippen MR) is 75.3 cm³/mol. The van der Waals surface area contributed by atoms with E-state index in [4.69, 9.17) is 5.11 Å². The first-order chi connectivity index (χ1) is 9.49. The molecule has 6 heteroatoms. The number of sulfone groups is 1. The second kappa shape index (κ2) is 6.37. The van der Waals surface area contributed by atoms with E-state index in [2.05, 4.69) is 0 Å². The van der Waals surface area contributed by atoms with E-state index in [1.54, 1.807) is 30.3 Å². The van der Waals surface area contributed by atoms with Crippen molar-refractivity contribution in [3.63, 3.8) is 0 Å². The molecule has 0 unspecified atom stereocenters. The van der Waals surface area contributed by atoms with Gasteiger partial charge in [0, 0.05) is 13.1 Å². The summed E-state index contributed by atoms with van der Waals surface area (Å²) in [6, 6.07) is 8.36. The summed E-state index contributed by atoms with van der Waals surface area (Å²) in [6.07, 6.45) is 1.49. The molecule has 110 valence electrons. The van der Waals surface area contributed by atoms with Crippen LogP contribution in [0, 0.1) is 5.92 Å². The lowest BCUT2D eigenvalue weighted by atomic mass is 9.98. The fraction of sp³-hybridized carbons (Fsp3) is 0.500. The zero-order chi connectivity index (χ0) is 14.6. The van der Waals surface area contributed by atoms with Crippen LogP contribution in [0.15, 0.2) is 35.2 Å². The highest BCUT2D eigenvalue weighted by atomic mass is 32.2. The van der Waals surface area contributed by atoms with Gasteiger partial charge in [0.1, 0.15) is 0 Å². The second-order valence-corrected chi connectivity index (χ2v) is 7.22. The van der Waals surface area contributed by atoms with E-state index < -0.39 is 15.8 Å². The van der Waals surface area contributed by atoms with E-state index in [0.717, 1.165) is 13.0 Å². The van der Waals surface area contributed by atoms with Crippen LogP contribution in [0.5, 0.6) is 0 Å². The third-order valence-electron chi connectivity index (χ3n) is 3.63. The van der Waals surface area contributed by atoms with Crippen molar-refractivity contribution in [2.45, 2.75) is 17.7 Å². The molecule has 20 heavy (non-hydrogen) atoms. The van der Waals surface area contributed by atoms with Gasteiger partial charge in [0.2, 0.25) is 0 Å². The van der Waals surface area contributed by atoms with Crippen molar-refractivity contribution in [2.24, 2.45) is 5.92 Å². The fourth-order valence-corrected chi connectivity index (χ4v) is 3.76. The standard InChI is InChI=1S/C14H19NO4S/c16-14(17)12-5-4-8-15(11-12)9-10-20(18,19)13-6-2-1-3-7-13/h1-3,6-7,12H,4-5,8-11H2,(H,16,17)/t12-/m1/s1. The average molecular weight is 297 g/mol. The van der Waals surface area contributed by atoms with E-state index in [0.29, 0.717) is 24.4 Å². The normalized spacial score (nSPS) is 20.7. The lowest BCUT2D eigenvalue weighted by Crippen LogP contribution is -2.40. The Labute approximate surface area is 119 Å². The van der Waals surface area contributed by atoms with Gasteiger partial charge in [-0.1, -0.05) is 18.2 Å². The molecule has 0 amide bonds. The van der Waals surface area contributed by atoms with Crippen LogP contribution in [-0.4, -0.2) is 49.8 Å². The minimum atomic E-state index is -3.29. The Morgan fingerprint density at radius 3 is 2.65 bits per heavy atom. The molecular formula is C14H19NO4S. The van der Waals surface area contributed by atoms with Crippen LogP contribution in [-0.2, 0) is 14.6 Å². The number of aliphatic carboxylic acids is 1. The molecule has 0 aliphatic carbocycles. The molecule has 1 atom stereocenters. The number of rotatable bonds is 5. The van der Waals surface area contributed by atoms with Gasteiger partial charge in [-0.2, -0.15) is 0 Å². The zero-order valence-electron chi connectivity index (χ0n) is 11.2. The lowest BCUT2D eigenvalue weighted by molar-refractivity contribution is -0.143. The van der Waals surface area contributed by atoms with Crippen LogP contribution in [0.4, 0.5) is 0 Å². The number of hydrogen-bond donors (Lipinski definition) is 1. The van der Waals surface area contributed by atoms with E-state index in [1.807, 2.05) is 4.90 Å². The maximum atomic E-state index is 12.1. The van der Waals surface area contributed by atoms with Gasteiger partial charge in [-0.25, -0.2) is 8.42 Å². The van der Waals surface area contributed by atoms with Crippen molar-refractivity contribution in [3.05, 3.63) is 30.3 Å². The molecule has 0 bridgehead atoms. The molecule has 0 spiro atoms. The monoisotopic (exact) mass is 297 g/mol. The number of piperidine rings is 1. The number of hydrogen-bond acceptors (Lipinski definition) is 4. The Kier molecular flexibility index (Phi) is 4.77. The van der Waals surface area contributed by atoms with Crippen molar-refractivity contribution in [1.82, 2.24) is 4.90 Å². The number of benzene rings is 1. The first kappa shape index (κ1) is 15.0. The number of likely N-dealkylation sites (tertiary alicyclic amines) is 1. The largest absolute Gasteiger partial charge is 0.481 e. The van der Waals surface area contributed by atoms with Crippen molar-refractivity contribution < 1.29 is 18.3 Å². The summed E-state index contributed by atoms with van der Waals surface area (Å²) in [5.74, 6) is -1.13. The molecule has 0 saturated carbocycles. The SMILES string of the molecule is O=C(O)[C@@H]1CCCN(CCS(=O)(=O)c2ccccc2)C1. The Balaban J connectivity index is 1.93. The molecule has 1 saturated heterocycles. The first-order valence-corrected chi connectivity index (χ1v) is 8.37. The van der Waals surface area contributed by atoms with Crippen molar-refractivity contribution in [3.8, 4) is 0 Å². The molecular weight excluding hydrogens is 278 g/mol. The van der Waals surface area contributed by atoms with Gasteiger partial charge in [0.25, 0.3) is 0 Å². The fourth-order valence-electron chi connectivity index (χ4n) is 2.46. The maximum absolute atomic E-state index is 12.1. The Morgan fingerprint density at radius 2 is 2.00 bits per heavy atom. The van der Waals surface area contributed by atoms with Crippen molar-refractivity contribution in [1.29, 1.82) is 0 Å². The minimum Gasteiger partial charge on any atom is -0.481 e. The first-order valence-electron chi connectivity index (χ1n) is 6.72. The predicted octanol–water partition coefficient (Wildman–Crippen LogP) is 1.26. The van der Waals surface area contributed by atoms with Gasteiger partial charge >= 0.3 is 5.97 Å². The smallest absolute Gasteiger partial charge is 0.307 e. The topological polar surface area (TPSA) is 74.7 Å². The molecule has 1 aromatic rings. The van der Waals surface area contributed by atoms with Crippen molar-refractivity contribution in [2.75, 3.05) is 25.4 Å². The summed E-state index contributed by atoms with van der Waals surface area (Å²) in [4.78, 5) is 13.2. The van der Waals surface area contributed by atoms with Crippen LogP contribution < -0.4 is 0 Å². The Morgan fingerprint density at radius 1 is 1.30 bits per heavy atom. The van der Waals surface area contributed by atoms with E-state index in [9.17, 15) is 13.2 Å². The third-order valence-corrected chi connectivity index (χ3v) is 5.34. The van der Waals surface area contributed by atoms with Crippen molar-refractivity contribution >= 4 is 15.8 Å². The zero-order valence-corrected chi connectivity index (χ0v) is 12.1. The summed E-state index contributed by atoms with van der Waals surface area (Å²) in [7, 11) is -3.29. The molecule has 1 N–H and O–H groups in total. The van der Waals surface area contributed by atoms with Crippen LogP contribution in [0.1, 0.15) is 12.8 Å². The van der Waals surface area contributed by atoms with Gasteiger partial charge < -0.3 is 10.0 Å². The molecule has 2 rings (SSSR count). The molecule has 1 heterocycles. The molecule has 1 aliphatic heterocycles. The molecule has 0 radical (unpaired) electrons. The highest BCUT2D eigenvalue weighted by Gasteiger charge is 2.26. The molecule has 1 fully saturated rings. The van der Waals surface area contributed by atoms with Gasteiger partial charge in [0.05, 0.1) is 16.6 Å². The highest BCUT2D eigenvalue weighted by molar-refractivity contribution is 7.91. The molecule has 0 aromatic heterocycles. The summed E-state index contributed by atoms with van der Waals surface area (Å²) < 4.78 is 24.3. The van der Waals surface area contributed by atoms with Gasteiger partial charge in [-0.3, -0.25) is 4.79 Å². The van der Waals surface area contributed by atoms with Gasteiger partial charge in [0.15, 0.2) is 9.84 Å². The minimum absolute atomic E-state index is 0.0311. The summed E-state index contributed by atoms with van der Waals surface area (Å²) >= 11 is 0. The molecule has 1 aromatic carbocycles. The summed E-state index contributed by atoms with van der Waals surface area (Å²) in [6.45, 7) is 1.61. The van der Waals surface area contributed by atoms with Crippen LogP contribution >= 0.6 is 0 Å². The summed E-state index contributed by atoms with van der Waals surface area (Å²) in [5.41, 5.74) is 0. The van der Waals surface area contributed by atoms with Gasteiger partial charge in [-0.05, 0) is 31.5 Å². The summed E-state index contributed by atoms with van der Waals surface area (Å²) in [5, 5.41) is 9.02. The number of carbonyl (C=O) groups is 1. The molecule has 1 aliphatic rings. The van der Waals surface area contributed by atoms with E-state index >= 15 is 0 Å². The highest BCUT2D eigenvalue weighted by Crippen LogP contribution is 2.17. The second-order valence-electron chi connectivity index (χ2n) is 5.11. The van der Waals surface area contributed by atoms with Crippen LogP contribution in [0.2, 0.25) is 0 Å². The Hall–Kier alpha value is -1.40. The quantitative estimate of drug-likeness (QED) is 0.885. The maximum Gasteiger partial charge on any atom is 0.307 e. The Bertz CT molecular complexity index is 556. The molecule has 5 nitrogen and oxygen atoms in total. The van der Waals surface area contributed by atoms with Crippen LogP contribution in [0.3, 0.4) is 0 Å². The average Bonchev–Trinajstić information content (AvgIpc) is 2.46. The van der Waals surface area contributed by atoms with E-state index in [1.165, 1.54) is 0 Å². The number of carboxylic acids is 1. The number of nitrogens with zero attached hydrogens (tertiary/aromatic N) is 1. The van der Waals surface area contributed by atoms with Gasteiger partial charge in [-0.15, -0.1) is 0 Å².